The first-order chi connectivity index (χ1) is 9.04. The van der Waals surface area contributed by atoms with Crippen molar-refractivity contribution in [1.82, 2.24) is 9.55 Å². The van der Waals surface area contributed by atoms with Gasteiger partial charge in [-0.15, -0.1) is 0 Å². The largest absolute Gasteiger partial charge is 0.469 e. The van der Waals surface area contributed by atoms with Gasteiger partial charge in [0.2, 0.25) is 0 Å². The highest BCUT2D eigenvalue weighted by Crippen LogP contribution is 2.24. The predicted octanol–water partition coefficient (Wildman–Crippen LogP) is 2.75. The van der Waals surface area contributed by atoms with E-state index in [1.807, 2.05) is 54.9 Å². The zero-order chi connectivity index (χ0) is 13.9. The average molecular weight is 258 g/mol. The molecular formula is C15H18N2O2. The number of benzene rings is 1. The summed E-state index contributed by atoms with van der Waals surface area (Å²) < 4.78 is 6.82. The average Bonchev–Trinajstić information content (AvgIpc) is 2.86. The number of aromatic nitrogens is 2. The summed E-state index contributed by atoms with van der Waals surface area (Å²) >= 11 is 0. The van der Waals surface area contributed by atoms with Crippen molar-refractivity contribution < 1.29 is 9.53 Å². The number of hydrogen-bond donors (Lipinski definition) is 0. The molecule has 0 fully saturated rings. The Morgan fingerprint density at radius 1 is 1.32 bits per heavy atom. The minimum absolute atomic E-state index is 0.222. The molecular weight excluding hydrogens is 240 g/mol. The third-order valence-electron chi connectivity index (χ3n) is 3.05. The highest BCUT2D eigenvalue weighted by atomic mass is 16.5. The maximum absolute atomic E-state index is 11.8. The van der Waals surface area contributed by atoms with Crippen LogP contribution >= 0.6 is 0 Å². The molecule has 4 nitrogen and oxygen atoms in total. The summed E-state index contributed by atoms with van der Waals surface area (Å²) in [6, 6.07) is 9.92. The molecule has 1 aromatic carbocycles. The highest BCUT2D eigenvalue weighted by Gasteiger charge is 2.30. The van der Waals surface area contributed by atoms with Crippen molar-refractivity contribution in [2.24, 2.45) is 5.41 Å². The van der Waals surface area contributed by atoms with Gasteiger partial charge in [-0.25, -0.2) is 4.98 Å². The van der Waals surface area contributed by atoms with Crippen LogP contribution in [-0.2, 0) is 16.1 Å². The van der Waals surface area contributed by atoms with E-state index in [4.69, 9.17) is 4.74 Å². The van der Waals surface area contributed by atoms with Crippen molar-refractivity contribution in [3.63, 3.8) is 0 Å². The van der Waals surface area contributed by atoms with E-state index in [-0.39, 0.29) is 5.97 Å². The van der Waals surface area contributed by atoms with Crippen LogP contribution in [0.5, 0.6) is 0 Å². The van der Waals surface area contributed by atoms with Crippen LogP contribution in [0.3, 0.4) is 0 Å². The van der Waals surface area contributed by atoms with E-state index in [1.165, 1.54) is 7.11 Å². The minimum atomic E-state index is -0.584. The lowest BCUT2D eigenvalue weighted by molar-refractivity contribution is -0.151. The molecule has 0 unspecified atom stereocenters. The number of rotatable bonds is 4. The first-order valence-electron chi connectivity index (χ1n) is 6.19. The number of hydrogen-bond acceptors (Lipinski definition) is 3. The summed E-state index contributed by atoms with van der Waals surface area (Å²) in [4.78, 5) is 16.1. The molecule has 0 saturated heterocycles. The molecule has 19 heavy (non-hydrogen) atoms. The molecule has 0 amide bonds. The second kappa shape index (κ2) is 5.26. The number of methoxy groups -OCH3 is 1. The van der Waals surface area contributed by atoms with Crippen LogP contribution in [0.1, 0.15) is 13.8 Å². The van der Waals surface area contributed by atoms with E-state index in [1.54, 1.807) is 6.20 Å². The molecule has 0 radical (unpaired) electrons. The summed E-state index contributed by atoms with van der Waals surface area (Å²) in [5.41, 5.74) is 0.451. The van der Waals surface area contributed by atoms with Gasteiger partial charge in [0.15, 0.2) is 0 Å². The molecule has 4 heteroatoms. The van der Waals surface area contributed by atoms with Gasteiger partial charge in [0.05, 0.1) is 12.5 Å². The number of imidazole rings is 1. The Hall–Kier alpha value is -2.10. The molecule has 0 N–H and O–H groups in total. The van der Waals surface area contributed by atoms with E-state index >= 15 is 0 Å². The summed E-state index contributed by atoms with van der Waals surface area (Å²) in [5, 5.41) is 0. The molecule has 1 aromatic heterocycles. The van der Waals surface area contributed by atoms with Crippen LogP contribution < -0.4 is 0 Å². The molecule has 100 valence electrons. The fourth-order valence-electron chi connectivity index (χ4n) is 2.05. The van der Waals surface area contributed by atoms with Gasteiger partial charge in [-0.1, -0.05) is 30.3 Å². The van der Waals surface area contributed by atoms with Crippen LogP contribution in [0.15, 0.2) is 42.7 Å². The van der Waals surface area contributed by atoms with Crippen LogP contribution in [0, 0.1) is 5.41 Å². The van der Waals surface area contributed by atoms with Gasteiger partial charge >= 0.3 is 5.97 Å². The zero-order valence-corrected chi connectivity index (χ0v) is 11.5. The lowest BCUT2D eigenvalue weighted by Gasteiger charge is -2.23. The topological polar surface area (TPSA) is 44.1 Å². The Balaban J connectivity index is 2.29. The number of esters is 1. The van der Waals surface area contributed by atoms with Crippen molar-refractivity contribution in [3.8, 4) is 11.4 Å². The molecule has 2 aromatic rings. The van der Waals surface area contributed by atoms with Crippen LogP contribution in [0.2, 0.25) is 0 Å². The smallest absolute Gasteiger partial charge is 0.313 e. The first kappa shape index (κ1) is 13.3. The highest BCUT2D eigenvalue weighted by molar-refractivity contribution is 5.75. The van der Waals surface area contributed by atoms with Crippen molar-refractivity contribution in [3.05, 3.63) is 42.7 Å². The number of carbonyl (C=O) groups excluding carboxylic acids is 1. The lowest BCUT2D eigenvalue weighted by atomic mass is 9.93. The molecule has 1 heterocycles. The fourth-order valence-corrected chi connectivity index (χ4v) is 2.05. The monoisotopic (exact) mass is 258 g/mol. The van der Waals surface area contributed by atoms with E-state index < -0.39 is 5.41 Å². The molecule has 0 spiro atoms. The van der Waals surface area contributed by atoms with Crippen molar-refractivity contribution in [2.75, 3.05) is 7.11 Å². The fraction of sp³-hybridized carbons (Fsp3) is 0.333. The second-order valence-electron chi connectivity index (χ2n) is 5.12. The number of nitrogens with zero attached hydrogens (tertiary/aromatic N) is 2. The standard InChI is InChI=1S/C15H18N2O2/c1-15(2,14(18)19-3)11-17-10-9-16-13(17)12-7-5-4-6-8-12/h4-10H,11H2,1-3H3. The quantitative estimate of drug-likeness (QED) is 0.792. The normalized spacial score (nSPS) is 11.3. The molecule has 0 atom stereocenters. The summed E-state index contributed by atoms with van der Waals surface area (Å²) in [5.74, 6) is 0.637. The summed E-state index contributed by atoms with van der Waals surface area (Å²) in [6.45, 7) is 4.27. The summed E-state index contributed by atoms with van der Waals surface area (Å²) in [7, 11) is 1.41. The van der Waals surface area contributed by atoms with Crippen molar-refractivity contribution in [1.29, 1.82) is 0 Å². The molecule has 0 saturated carbocycles. The Morgan fingerprint density at radius 2 is 2.00 bits per heavy atom. The van der Waals surface area contributed by atoms with E-state index in [0.29, 0.717) is 6.54 Å². The van der Waals surface area contributed by atoms with Crippen LogP contribution in [0.4, 0.5) is 0 Å². The molecule has 0 aliphatic carbocycles. The lowest BCUT2D eigenvalue weighted by Crippen LogP contribution is -2.30. The Morgan fingerprint density at radius 3 is 2.63 bits per heavy atom. The second-order valence-corrected chi connectivity index (χ2v) is 5.12. The van der Waals surface area contributed by atoms with Crippen molar-refractivity contribution in [2.45, 2.75) is 20.4 Å². The van der Waals surface area contributed by atoms with Crippen LogP contribution in [-0.4, -0.2) is 22.6 Å². The zero-order valence-electron chi connectivity index (χ0n) is 11.5. The predicted molar refractivity (Wildman–Crippen MR) is 73.5 cm³/mol. The molecule has 0 aliphatic heterocycles. The molecule has 0 aliphatic rings. The Bertz CT molecular complexity index is 559. The van der Waals surface area contributed by atoms with E-state index in [2.05, 4.69) is 4.98 Å². The maximum Gasteiger partial charge on any atom is 0.313 e. The van der Waals surface area contributed by atoms with Gasteiger partial charge in [0.25, 0.3) is 0 Å². The van der Waals surface area contributed by atoms with Gasteiger partial charge in [-0.2, -0.15) is 0 Å². The third-order valence-corrected chi connectivity index (χ3v) is 3.05. The van der Waals surface area contributed by atoms with Gasteiger partial charge < -0.3 is 9.30 Å². The van der Waals surface area contributed by atoms with Gasteiger partial charge in [-0.05, 0) is 13.8 Å². The van der Waals surface area contributed by atoms with E-state index in [0.717, 1.165) is 11.4 Å². The Labute approximate surface area is 113 Å². The van der Waals surface area contributed by atoms with Crippen LogP contribution in [0.25, 0.3) is 11.4 Å². The third kappa shape index (κ3) is 2.84. The van der Waals surface area contributed by atoms with E-state index in [9.17, 15) is 4.79 Å². The Kier molecular flexibility index (Phi) is 3.69. The number of ether oxygens (including phenoxy) is 1. The first-order valence-corrected chi connectivity index (χ1v) is 6.19. The molecule has 2 rings (SSSR count). The van der Waals surface area contributed by atoms with Gasteiger partial charge in [0.1, 0.15) is 5.82 Å². The number of carbonyl (C=O) groups is 1. The van der Waals surface area contributed by atoms with Gasteiger partial charge in [-0.3, -0.25) is 4.79 Å². The van der Waals surface area contributed by atoms with Gasteiger partial charge in [0, 0.05) is 24.5 Å². The molecule has 0 bridgehead atoms. The minimum Gasteiger partial charge on any atom is -0.469 e. The SMILES string of the molecule is COC(=O)C(C)(C)Cn1ccnc1-c1ccccc1. The van der Waals surface area contributed by atoms with Crippen molar-refractivity contribution >= 4 is 5.97 Å². The maximum atomic E-state index is 11.8. The summed E-state index contributed by atoms with van der Waals surface area (Å²) in [6.07, 6.45) is 3.63.